The van der Waals surface area contributed by atoms with Crippen LogP contribution < -0.4 is 10.2 Å². The third-order valence-electron chi connectivity index (χ3n) is 7.13. The monoisotopic (exact) mass is 479 g/mol. The smallest absolute Gasteiger partial charge is 0.185 e. The Morgan fingerprint density at radius 1 is 1.29 bits per heavy atom. The molecular weight excluding hydrogens is 453 g/mol. The topological polar surface area (TPSA) is 111 Å². The summed E-state index contributed by atoms with van der Waals surface area (Å²) in [5.74, 6) is 0.757. The first-order valence-corrected chi connectivity index (χ1v) is 12.1. The van der Waals surface area contributed by atoms with Gasteiger partial charge in [0, 0.05) is 29.1 Å². The lowest BCUT2D eigenvalue weighted by Gasteiger charge is -2.56. The summed E-state index contributed by atoms with van der Waals surface area (Å²) in [5, 5.41) is 33.9. The molecule has 0 aliphatic carbocycles. The van der Waals surface area contributed by atoms with Crippen LogP contribution in [0.4, 0.5) is 10.2 Å². The number of alkyl halides is 1. The van der Waals surface area contributed by atoms with Crippen LogP contribution in [-0.2, 0) is 0 Å². The van der Waals surface area contributed by atoms with Gasteiger partial charge in [-0.25, -0.2) is 14.4 Å². The molecule has 4 atom stereocenters. The number of phenols is 1. The van der Waals surface area contributed by atoms with E-state index >= 15 is 4.39 Å². The van der Waals surface area contributed by atoms with Gasteiger partial charge in [-0.05, 0) is 51.7 Å². The molecule has 0 spiro atoms. The van der Waals surface area contributed by atoms with E-state index in [0.29, 0.717) is 34.1 Å². The third kappa shape index (κ3) is 3.89. The highest BCUT2D eigenvalue weighted by Crippen LogP contribution is 2.43. The number of nitrogens with one attached hydrogen (secondary N) is 1. The number of thiazole rings is 1. The van der Waals surface area contributed by atoms with Crippen LogP contribution in [0, 0.1) is 11.3 Å². The number of anilines is 1. The van der Waals surface area contributed by atoms with Crippen LogP contribution in [0.1, 0.15) is 45.2 Å². The number of phenolic OH excluding ortho intramolecular Hbond substituents is 1. The number of aromatic hydroxyl groups is 1. The number of benzene rings is 1. The SMILES string of the molecule is CN(c1cnc(-c2ccc(-c3nc(C#N)cs3)cc2O)nn1)[C@@H]1C[C@@]2(C)CCC[C@](C)(N2)[C@@H]1F. The number of halogens is 1. The normalized spacial score (nSPS) is 28.3. The molecule has 0 radical (unpaired) electrons. The zero-order valence-electron chi connectivity index (χ0n) is 19.3. The first-order valence-electron chi connectivity index (χ1n) is 11.3. The molecular formula is C24H26FN7OS. The highest BCUT2D eigenvalue weighted by atomic mass is 32.1. The molecule has 176 valence electrons. The number of hydrogen-bond acceptors (Lipinski definition) is 9. The molecule has 8 nitrogen and oxygen atoms in total. The van der Waals surface area contributed by atoms with Gasteiger partial charge < -0.3 is 15.3 Å². The third-order valence-corrected chi connectivity index (χ3v) is 8.02. The molecule has 0 amide bonds. The maximum absolute atomic E-state index is 15.6. The maximum atomic E-state index is 15.6. The van der Waals surface area contributed by atoms with E-state index in [1.54, 1.807) is 29.8 Å². The molecule has 3 aromatic rings. The van der Waals surface area contributed by atoms with Crippen molar-refractivity contribution in [3.63, 3.8) is 0 Å². The average molecular weight is 480 g/mol. The molecule has 2 aliphatic heterocycles. The second-order valence-electron chi connectivity index (χ2n) is 9.76. The minimum Gasteiger partial charge on any atom is -0.507 e. The number of piperidine rings is 2. The molecule has 2 saturated heterocycles. The fraction of sp³-hybridized carbons (Fsp3) is 0.458. The van der Waals surface area contributed by atoms with Gasteiger partial charge in [0.25, 0.3) is 0 Å². The van der Waals surface area contributed by atoms with Gasteiger partial charge in [-0.15, -0.1) is 21.5 Å². The molecule has 2 aromatic heterocycles. The van der Waals surface area contributed by atoms with Gasteiger partial charge in [0.05, 0.1) is 17.8 Å². The Kier molecular flexibility index (Phi) is 5.49. The molecule has 1 aromatic carbocycles. The van der Waals surface area contributed by atoms with Gasteiger partial charge in [0.1, 0.15) is 23.0 Å². The predicted octanol–water partition coefficient (Wildman–Crippen LogP) is 4.08. The van der Waals surface area contributed by atoms with E-state index < -0.39 is 11.7 Å². The van der Waals surface area contributed by atoms with Crippen molar-refractivity contribution in [3.05, 3.63) is 35.5 Å². The van der Waals surface area contributed by atoms with Crippen LogP contribution in [0.25, 0.3) is 22.0 Å². The molecule has 2 bridgehead atoms. The summed E-state index contributed by atoms with van der Waals surface area (Å²) >= 11 is 1.33. The lowest BCUT2D eigenvalue weighted by Crippen LogP contribution is -2.72. The van der Waals surface area contributed by atoms with Crippen LogP contribution >= 0.6 is 11.3 Å². The molecule has 4 heterocycles. The quantitative estimate of drug-likeness (QED) is 0.576. The van der Waals surface area contributed by atoms with E-state index in [1.807, 2.05) is 24.9 Å². The van der Waals surface area contributed by atoms with Crippen LogP contribution in [0.2, 0.25) is 0 Å². The van der Waals surface area contributed by atoms with Crippen molar-refractivity contribution in [1.29, 1.82) is 5.26 Å². The van der Waals surface area contributed by atoms with Gasteiger partial charge in [0.2, 0.25) is 0 Å². The molecule has 2 fully saturated rings. The first kappa shape index (κ1) is 22.6. The lowest BCUT2D eigenvalue weighted by atomic mass is 9.68. The Hall–Kier alpha value is -3.16. The molecule has 2 aliphatic rings. The average Bonchev–Trinajstić information content (AvgIpc) is 3.30. The van der Waals surface area contributed by atoms with Crippen molar-refractivity contribution in [2.45, 2.75) is 62.8 Å². The number of aromatic nitrogens is 4. The lowest BCUT2D eigenvalue weighted by molar-refractivity contribution is 0.00193. The van der Waals surface area contributed by atoms with Crippen molar-refractivity contribution in [1.82, 2.24) is 25.5 Å². The summed E-state index contributed by atoms with van der Waals surface area (Å²) < 4.78 is 15.6. The van der Waals surface area contributed by atoms with Gasteiger partial charge >= 0.3 is 0 Å². The van der Waals surface area contributed by atoms with Crippen LogP contribution in [-0.4, -0.2) is 55.6 Å². The first-order chi connectivity index (χ1) is 16.2. The fourth-order valence-corrected chi connectivity index (χ4v) is 6.12. The van der Waals surface area contributed by atoms with Crippen LogP contribution in [0.15, 0.2) is 29.8 Å². The van der Waals surface area contributed by atoms with E-state index in [2.05, 4.69) is 32.4 Å². The summed E-state index contributed by atoms with van der Waals surface area (Å²) in [6, 6.07) is 6.74. The zero-order valence-corrected chi connectivity index (χ0v) is 20.1. The predicted molar refractivity (Wildman–Crippen MR) is 128 cm³/mol. The zero-order chi connectivity index (χ0) is 24.1. The number of rotatable bonds is 4. The van der Waals surface area contributed by atoms with E-state index in [4.69, 9.17) is 5.26 Å². The number of hydrogen-bond donors (Lipinski definition) is 2. The van der Waals surface area contributed by atoms with E-state index in [1.165, 1.54) is 11.3 Å². The molecule has 2 N–H and O–H groups in total. The molecule has 5 rings (SSSR count). The largest absolute Gasteiger partial charge is 0.507 e. The van der Waals surface area contributed by atoms with Crippen molar-refractivity contribution < 1.29 is 9.50 Å². The standard InChI is InChI=1S/C24H26FN7OS/c1-23-7-4-8-24(2,31-23)20(25)17(10-23)32(3)19-12-27-21(30-29-19)16-6-5-14(9-18(16)33)22-28-15(11-26)13-34-22/h5-6,9,12-13,17,20,31,33H,4,7-8,10H2,1-3H3/t17-,20-,23-,24+/m1/s1. The molecule has 34 heavy (non-hydrogen) atoms. The van der Waals surface area contributed by atoms with Crippen molar-refractivity contribution in [2.75, 3.05) is 11.9 Å². The van der Waals surface area contributed by atoms with Crippen molar-refractivity contribution >= 4 is 17.2 Å². The van der Waals surface area contributed by atoms with Crippen molar-refractivity contribution in [2.24, 2.45) is 0 Å². The Labute approximate surface area is 201 Å². The summed E-state index contributed by atoms with van der Waals surface area (Å²) in [5.41, 5.74) is 0.816. The Morgan fingerprint density at radius 3 is 2.79 bits per heavy atom. The van der Waals surface area contributed by atoms with Gasteiger partial charge in [-0.2, -0.15) is 5.26 Å². The fourth-order valence-electron chi connectivity index (χ4n) is 5.38. The van der Waals surface area contributed by atoms with E-state index in [9.17, 15) is 5.11 Å². The Bertz CT molecular complexity index is 1260. The Morgan fingerprint density at radius 2 is 2.12 bits per heavy atom. The van der Waals surface area contributed by atoms with Gasteiger partial charge in [-0.3, -0.25) is 0 Å². The van der Waals surface area contributed by atoms with E-state index in [-0.39, 0.29) is 23.2 Å². The second-order valence-corrected chi connectivity index (χ2v) is 10.6. The summed E-state index contributed by atoms with van der Waals surface area (Å²) in [7, 11) is 1.84. The van der Waals surface area contributed by atoms with Gasteiger partial charge in [0.15, 0.2) is 17.3 Å². The summed E-state index contributed by atoms with van der Waals surface area (Å²) in [6.07, 6.45) is 4.07. The van der Waals surface area contributed by atoms with Crippen LogP contribution in [0.3, 0.4) is 0 Å². The second kappa shape index (κ2) is 8.25. The van der Waals surface area contributed by atoms with E-state index in [0.717, 1.165) is 19.3 Å². The highest BCUT2D eigenvalue weighted by Gasteiger charge is 2.53. The minimum atomic E-state index is -1.05. The van der Waals surface area contributed by atoms with Gasteiger partial charge in [-0.1, -0.05) is 6.07 Å². The molecule has 0 unspecified atom stereocenters. The molecule has 0 saturated carbocycles. The molecule has 10 heteroatoms. The van der Waals surface area contributed by atoms with Crippen LogP contribution in [0.5, 0.6) is 5.75 Å². The number of nitriles is 1. The summed E-state index contributed by atoms with van der Waals surface area (Å²) in [6.45, 7) is 4.14. The van der Waals surface area contributed by atoms with Crippen molar-refractivity contribution in [3.8, 4) is 33.8 Å². The Balaban J connectivity index is 1.37. The summed E-state index contributed by atoms with van der Waals surface area (Å²) in [4.78, 5) is 10.5. The number of nitrogens with zero attached hydrogens (tertiary/aromatic N) is 6. The highest BCUT2D eigenvalue weighted by molar-refractivity contribution is 7.13. The number of fused-ring (bicyclic) bond motifs is 2. The maximum Gasteiger partial charge on any atom is 0.185 e. The minimum absolute atomic E-state index is 0.00929.